The van der Waals surface area contributed by atoms with Crippen LogP contribution >= 0.6 is 11.6 Å². The van der Waals surface area contributed by atoms with Gasteiger partial charge in [-0.15, -0.1) is 0 Å². The van der Waals surface area contributed by atoms with Gasteiger partial charge >= 0.3 is 0 Å². The van der Waals surface area contributed by atoms with Gasteiger partial charge in [-0.25, -0.2) is 8.42 Å². The third-order valence-electron chi connectivity index (χ3n) is 4.54. The molecule has 0 fully saturated rings. The minimum absolute atomic E-state index is 0.122. The zero-order valence-electron chi connectivity index (χ0n) is 17.4. The summed E-state index contributed by atoms with van der Waals surface area (Å²) in [5, 5.41) is 0.368. The van der Waals surface area contributed by atoms with Crippen LogP contribution in [-0.2, 0) is 27.8 Å². The number of nitrogens with zero attached hydrogens (tertiary/aromatic N) is 2. The minimum atomic E-state index is -3.80. The van der Waals surface area contributed by atoms with Crippen LogP contribution in [0.1, 0.15) is 18.1 Å². The van der Waals surface area contributed by atoms with E-state index in [-0.39, 0.29) is 24.1 Å². The molecule has 0 amide bonds. The maximum absolute atomic E-state index is 13.4. The maximum atomic E-state index is 13.4. The lowest BCUT2D eigenvalue weighted by molar-refractivity contribution is 0.0920. The van der Waals surface area contributed by atoms with Gasteiger partial charge in [0.05, 0.1) is 11.5 Å². The number of aromatic nitrogens is 1. The topological polar surface area (TPSA) is 68.7 Å². The molecule has 0 bridgehead atoms. The summed E-state index contributed by atoms with van der Waals surface area (Å²) in [6.45, 7) is 2.74. The van der Waals surface area contributed by atoms with Crippen LogP contribution in [0.15, 0.2) is 78.0 Å². The molecule has 0 aliphatic heterocycles. The Balaban J connectivity index is 1.90. The first kappa shape index (κ1) is 23.2. The highest BCUT2D eigenvalue weighted by Crippen LogP contribution is 2.25. The quantitative estimate of drug-likeness (QED) is 0.444. The average Bonchev–Trinajstić information content (AvgIpc) is 2.74. The zero-order chi connectivity index (χ0) is 22.3. The molecule has 0 saturated heterocycles. The van der Waals surface area contributed by atoms with Crippen molar-refractivity contribution in [1.82, 2.24) is 9.29 Å². The van der Waals surface area contributed by atoms with E-state index in [4.69, 9.17) is 21.1 Å². The Labute approximate surface area is 188 Å². The van der Waals surface area contributed by atoms with Crippen molar-refractivity contribution in [3.05, 3.63) is 89.2 Å². The first-order valence-corrected chi connectivity index (χ1v) is 11.6. The monoisotopic (exact) mass is 460 g/mol. The highest BCUT2D eigenvalue weighted by Gasteiger charge is 2.25. The molecule has 2 aromatic carbocycles. The third-order valence-corrected chi connectivity index (χ3v) is 6.56. The largest absolute Gasteiger partial charge is 0.488 e. The van der Waals surface area contributed by atoms with Crippen LogP contribution in [0, 0.1) is 0 Å². The molecule has 0 saturated carbocycles. The first-order chi connectivity index (χ1) is 14.9. The van der Waals surface area contributed by atoms with E-state index in [1.165, 1.54) is 10.4 Å². The van der Waals surface area contributed by atoms with Crippen molar-refractivity contribution in [3.63, 3.8) is 0 Å². The molecule has 164 valence electrons. The van der Waals surface area contributed by atoms with Gasteiger partial charge in [0.2, 0.25) is 10.0 Å². The SMILES string of the molecule is COC[C@@H](C)Oc1cccc(CN(Cc2ccncc2)S(=O)(=O)c2cccc(Cl)c2)c1. The summed E-state index contributed by atoms with van der Waals surface area (Å²) >= 11 is 6.05. The normalized spacial score (nSPS) is 12.6. The van der Waals surface area contributed by atoms with Gasteiger partial charge in [-0.1, -0.05) is 29.8 Å². The molecule has 1 atom stereocenters. The molecule has 1 aromatic heterocycles. The van der Waals surface area contributed by atoms with Crippen molar-refractivity contribution < 1.29 is 17.9 Å². The van der Waals surface area contributed by atoms with Gasteiger partial charge in [-0.2, -0.15) is 4.31 Å². The molecular weight excluding hydrogens is 436 g/mol. The fourth-order valence-corrected chi connectivity index (χ4v) is 4.83. The number of halogens is 1. The van der Waals surface area contributed by atoms with E-state index >= 15 is 0 Å². The molecule has 8 heteroatoms. The summed E-state index contributed by atoms with van der Waals surface area (Å²) in [5.41, 5.74) is 1.64. The molecule has 6 nitrogen and oxygen atoms in total. The number of ether oxygens (including phenoxy) is 2. The standard InChI is InChI=1S/C23H25ClN2O4S/c1-18(17-29-2)30-22-7-3-5-20(13-22)16-26(15-19-9-11-25-12-10-19)31(27,28)23-8-4-6-21(24)14-23/h3-14,18H,15-17H2,1-2H3/t18-/m1/s1. The van der Waals surface area contributed by atoms with Gasteiger partial charge in [0, 0.05) is 37.6 Å². The molecular formula is C23H25ClN2O4S. The van der Waals surface area contributed by atoms with Gasteiger partial charge in [0.1, 0.15) is 11.9 Å². The van der Waals surface area contributed by atoms with Crippen molar-refractivity contribution in [1.29, 1.82) is 0 Å². The van der Waals surface area contributed by atoms with Crippen LogP contribution in [0.3, 0.4) is 0 Å². The predicted octanol–water partition coefficient (Wildman–Crippen LogP) is 4.54. The number of benzene rings is 2. The predicted molar refractivity (Wildman–Crippen MR) is 121 cm³/mol. The maximum Gasteiger partial charge on any atom is 0.243 e. The number of hydrogen-bond donors (Lipinski definition) is 0. The van der Waals surface area contributed by atoms with Crippen molar-refractivity contribution in [3.8, 4) is 5.75 Å². The first-order valence-electron chi connectivity index (χ1n) is 9.77. The molecule has 3 rings (SSSR count). The van der Waals surface area contributed by atoms with E-state index in [2.05, 4.69) is 4.98 Å². The summed E-state index contributed by atoms with van der Waals surface area (Å²) in [6, 6.07) is 17.3. The Morgan fingerprint density at radius 1 is 1.00 bits per heavy atom. The second kappa shape index (κ2) is 10.7. The molecule has 3 aromatic rings. The van der Waals surface area contributed by atoms with Crippen LogP contribution in [-0.4, -0.2) is 37.5 Å². The van der Waals surface area contributed by atoms with E-state index in [9.17, 15) is 8.42 Å². The molecule has 0 N–H and O–H groups in total. The Morgan fingerprint density at radius 2 is 1.71 bits per heavy atom. The van der Waals surface area contributed by atoms with Gasteiger partial charge in [-0.05, 0) is 60.5 Å². The van der Waals surface area contributed by atoms with Gasteiger partial charge < -0.3 is 9.47 Å². The molecule has 0 radical (unpaired) electrons. The van der Waals surface area contributed by atoms with Crippen LogP contribution in [0.25, 0.3) is 0 Å². The molecule has 0 aliphatic rings. The number of sulfonamides is 1. The van der Waals surface area contributed by atoms with E-state index in [1.54, 1.807) is 49.8 Å². The fraction of sp³-hybridized carbons (Fsp3) is 0.261. The zero-order valence-corrected chi connectivity index (χ0v) is 19.0. The molecule has 31 heavy (non-hydrogen) atoms. The third kappa shape index (κ3) is 6.51. The van der Waals surface area contributed by atoms with E-state index in [1.807, 2.05) is 31.2 Å². The second-order valence-corrected chi connectivity index (χ2v) is 9.49. The number of rotatable bonds is 10. The lowest BCUT2D eigenvalue weighted by Gasteiger charge is -2.23. The molecule has 0 aliphatic carbocycles. The Morgan fingerprint density at radius 3 is 2.42 bits per heavy atom. The highest BCUT2D eigenvalue weighted by atomic mass is 35.5. The van der Waals surface area contributed by atoms with Gasteiger partial charge in [0.25, 0.3) is 0 Å². The van der Waals surface area contributed by atoms with Crippen molar-refractivity contribution in [2.24, 2.45) is 0 Å². The smallest absolute Gasteiger partial charge is 0.243 e. The Kier molecular flexibility index (Phi) is 8.03. The lowest BCUT2D eigenvalue weighted by Crippen LogP contribution is -2.30. The summed E-state index contributed by atoms with van der Waals surface area (Å²) in [5.74, 6) is 0.658. The highest BCUT2D eigenvalue weighted by molar-refractivity contribution is 7.89. The van der Waals surface area contributed by atoms with E-state index in [0.717, 1.165) is 11.1 Å². The number of methoxy groups -OCH3 is 1. The van der Waals surface area contributed by atoms with Crippen LogP contribution < -0.4 is 4.74 Å². The van der Waals surface area contributed by atoms with Crippen molar-refractivity contribution in [2.45, 2.75) is 31.0 Å². The van der Waals surface area contributed by atoms with Crippen LogP contribution in [0.2, 0.25) is 5.02 Å². The summed E-state index contributed by atoms with van der Waals surface area (Å²) in [6.07, 6.45) is 3.17. The summed E-state index contributed by atoms with van der Waals surface area (Å²) in [7, 11) is -2.18. The number of pyridine rings is 1. The Bertz CT molecular complexity index is 1090. The van der Waals surface area contributed by atoms with Crippen LogP contribution in [0.5, 0.6) is 5.75 Å². The van der Waals surface area contributed by atoms with E-state index in [0.29, 0.717) is 17.4 Å². The lowest BCUT2D eigenvalue weighted by atomic mass is 10.2. The average molecular weight is 461 g/mol. The van der Waals surface area contributed by atoms with Crippen molar-refractivity contribution >= 4 is 21.6 Å². The summed E-state index contributed by atoms with van der Waals surface area (Å²) < 4.78 is 39.3. The summed E-state index contributed by atoms with van der Waals surface area (Å²) in [4.78, 5) is 4.16. The van der Waals surface area contributed by atoms with E-state index < -0.39 is 10.0 Å². The molecule has 1 heterocycles. The molecule has 0 spiro atoms. The second-order valence-electron chi connectivity index (χ2n) is 7.12. The number of hydrogen-bond acceptors (Lipinski definition) is 5. The minimum Gasteiger partial charge on any atom is -0.488 e. The van der Waals surface area contributed by atoms with Crippen LogP contribution in [0.4, 0.5) is 0 Å². The van der Waals surface area contributed by atoms with Gasteiger partial charge in [-0.3, -0.25) is 4.98 Å². The fourth-order valence-electron chi connectivity index (χ4n) is 3.12. The van der Waals surface area contributed by atoms with Gasteiger partial charge in [0.15, 0.2) is 0 Å². The Hall–Kier alpha value is -2.45. The van der Waals surface area contributed by atoms with Crippen molar-refractivity contribution in [2.75, 3.05) is 13.7 Å². The molecule has 0 unspecified atom stereocenters.